The van der Waals surface area contributed by atoms with E-state index in [0.29, 0.717) is 15.7 Å². The lowest BCUT2D eigenvalue weighted by molar-refractivity contribution is -0.146. The maximum Gasteiger partial charge on any atom is 0.325 e. The first-order valence-electron chi connectivity index (χ1n) is 8.81. The molecular formula is C19H19ClN4O4S. The third-order valence-corrected chi connectivity index (χ3v) is 5.60. The lowest BCUT2D eigenvalue weighted by atomic mass is 10.2. The molecule has 0 aliphatic rings. The molecule has 1 aromatic carbocycles. The van der Waals surface area contributed by atoms with Gasteiger partial charge in [0, 0.05) is 22.2 Å². The number of nitrogens with one attached hydrogen (secondary N) is 2. The molecule has 152 valence electrons. The van der Waals surface area contributed by atoms with Gasteiger partial charge in [-0.1, -0.05) is 29.8 Å². The number of fused-ring (bicyclic) bond motifs is 1. The Bertz CT molecular complexity index is 1060. The molecule has 0 fully saturated rings. The Hall–Kier alpha value is -2.91. The van der Waals surface area contributed by atoms with Gasteiger partial charge in [-0.05, 0) is 19.9 Å². The third-order valence-electron chi connectivity index (χ3n) is 3.93. The molecule has 3 rings (SSSR count). The highest BCUT2D eigenvalue weighted by atomic mass is 35.5. The van der Waals surface area contributed by atoms with Gasteiger partial charge in [-0.2, -0.15) is 5.10 Å². The van der Waals surface area contributed by atoms with E-state index in [1.807, 2.05) is 38.1 Å². The minimum atomic E-state index is -0.733. The van der Waals surface area contributed by atoms with Crippen LogP contribution >= 0.6 is 22.9 Å². The van der Waals surface area contributed by atoms with Gasteiger partial charge in [-0.3, -0.25) is 14.4 Å². The number of nitrogens with zero attached hydrogens (tertiary/aromatic N) is 2. The number of carbonyl (C=O) groups excluding carboxylic acids is 3. The van der Waals surface area contributed by atoms with Gasteiger partial charge in [0.25, 0.3) is 11.8 Å². The number of amides is 2. The normalized spacial score (nSPS) is 10.9. The fourth-order valence-electron chi connectivity index (χ4n) is 2.59. The van der Waals surface area contributed by atoms with E-state index in [-0.39, 0.29) is 12.6 Å². The largest absolute Gasteiger partial charge is 0.454 e. The zero-order chi connectivity index (χ0) is 21.0. The van der Waals surface area contributed by atoms with Crippen molar-refractivity contribution in [3.05, 3.63) is 46.4 Å². The minimum absolute atomic E-state index is 0.0683. The summed E-state index contributed by atoms with van der Waals surface area (Å²) < 4.78 is 7.41. The van der Waals surface area contributed by atoms with Crippen LogP contribution < -0.4 is 10.6 Å². The number of hydrogen-bond donors (Lipinski definition) is 2. The molecule has 0 unspecified atom stereocenters. The quantitative estimate of drug-likeness (QED) is 0.556. The van der Waals surface area contributed by atoms with Crippen LogP contribution in [-0.2, 0) is 14.3 Å². The zero-order valence-electron chi connectivity index (χ0n) is 15.8. The molecular weight excluding hydrogens is 416 g/mol. The highest BCUT2D eigenvalue weighted by molar-refractivity contribution is 7.21. The van der Waals surface area contributed by atoms with E-state index in [4.69, 9.17) is 16.3 Å². The van der Waals surface area contributed by atoms with Crippen LogP contribution in [-0.4, -0.2) is 40.7 Å². The van der Waals surface area contributed by atoms with Crippen molar-refractivity contribution in [3.8, 4) is 0 Å². The number of ether oxygens (including phenoxy) is 1. The van der Waals surface area contributed by atoms with Gasteiger partial charge >= 0.3 is 5.97 Å². The molecule has 29 heavy (non-hydrogen) atoms. The Morgan fingerprint density at radius 2 is 2.00 bits per heavy atom. The number of rotatable bonds is 7. The van der Waals surface area contributed by atoms with Crippen LogP contribution in [0.4, 0.5) is 5.82 Å². The maximum absolute atomic E-state index is 12.3. The molecule has 2 heterocycles. The van der Waals surface area contributed by atoms with Crippen molar-refractivity contribution in [2.75, 3.05) is 18.5 Å². The summed E-state index contributed by atoms with van der Waals surface area (Å²) in [6.45, 7) is 3.00. The number of anilines is 1. The number of halogens is 1. The number of esters is 1. The lowest BCUT2D eigenvalue weighted by Gasteiger charge is -2.12. The molecule has 0 spiro atoms. The van der Waals surface area contributed by atoms with E-state index in [0.717, 1.165) is 10.1 Å². The second-order valence-electron chi connectivity index (χ2n) is 6.39. The summed E-state index contributed by atoms with van der Waals surface area (Å²) in [5.41, 5.74) is 0. The Labute approximate surface area is 175 Å². The van der Waals surface area contributed by atoms with Gasteiger partial charge in [0.1, 0.15) is 17.2 Å². The van der Waals surface area contributed by atoms with Crippen LogP contribution in [0.5, 0.6) is 0 Å². The molecule has 3 aromatic rings. The zero-order valence-corrected chi connectivity index (χ0v) is 17.3. The van der Waals surface area contributed by atoms with Crippen LogP contribution in [0.2, 0.25) is 5.02 Å². The first-order valence-corrected chi connectivity index (χ1v) is 10.0. The van der Waals surface area contributed by atoms with E-state index in [2.05, 4.69) is 15.7 Å². The molecule has 0 bridgehead atoms. The van der Waals surface area contributed by atoms with Crippen molar-refractivity contribution < 1.29 is 19.1 Å². The van der Waals surface area contributed by atoms with Crippen molar-refractivity contribution in [2.45, 2.75) is 19.9 Å². The van der Waals surface area contributed by atoms with Gasteiger partial charge in [0.15, 0.2) is 6.61 Å². The monoisotopic (exact) mass is 434 g/mol. The molecule has 0 saturated heterocycles. The van der Waals surface area contributed by atoms with Gasteiger partial charge < -0.3 is 15.4 Å². The molecule has 0 saturated carbocycles. The number of benzene rings is 1. The summed E-state index contributed by atoms with van der Waals surface area (Å²) in [6.07, 6.45) is 1.57. The van der Waals surface area contributed by atoms with E-state index in [1.54, 1.807) is 16.9 Å². The summed E-state index contributed by atoms with van der Waals surface area (Å²) in [5, 5.41) is 10.3. The summed E-state index contributed by atoms with van der Waals surface area (Å²) in [7, 11) is 0. The Morgan fingerprint density at radius 1 is 1.24 bits per heavy atom. The first-order chi connectivity index (χ1) is 13.9. The number of aromatic nitrogens is 2. The van der Waals surface area contributed by atoms with Crippen LogP contribution in [0.3, 0.4) is 0 Å². The summed E-state index contributed by atoms with van der Waals surface area (Å²) >= 11 is 7.49. The summed E-state index contributed by atoms with van der Waals surface area (Å²) in [6, 6.07) is 9.09. The molecule has 0 aliphatic carbocycles. The molecule has 2 N–H and O–H groups in total. The standard InChI is InChI=1S/C19H19ClN4O4S/c1-11(2)24-14(7-8-22-24)23-15(25)10-28-16(26)9-21-19(27)18-17(20)12-5-3-4-6-13(12)29-18/h3-8,11H,9-10H2,1-2H3,(H,21,27)(H,23,25). The van der Waals surface area contributed by atoms with E-state index in [9.17, 15) is 14.4 Å². The predicted molar refractivity (Wildman–Crippen MR) is 111 cm³/mol. The van der Waals surface area contributed by atoms with Crippen LogP contribution in [0.25, 0.3) is 10.1 Å². The molecule has 0 radical (unpaired) electrons. The topological polar surface area (TPSA) is 102 Å². The first kappa shape index (κ1) is 20.8. The Kier molecular flexibility index (Phi) is 6.50. The van der Waals surface area contributed by atoms with Crippen LogP contribution in [0, 0.1) is 0 Å². The van der Waals surface area contributed by atoms with Crippen molar-refractivity contribution in [2.24, 2.45) is 0 Å². The number of thiophene rings is 1. The second-order valence-corrected chi connectivity index (χ2v) is 7.82. The van der Waals surface area contributed by atoms with Crippen LogP contribution in [0.15, 0.2) is 36.5 Å². The van der Waals surface area contributed by atoms with Gasteiger partial charge in [-0.25, -0.2) is 4.68 Å². The van der Waals surface area contributed by atoms with Crippen molar-refractivity contribution in [3.63, 3.8) is 0 Å². The maximum atomic E-state index is 12.3. The second kappa shape index (κ2) is 9.06. The Morgan fingerprint density at radius 3 is 2.72 bits per heavy atom. The lowest BCUT2D eigenvalue weighted by Crippen LogP contribution is -2.32. The average molecular weight is 435 g/mol. The average Bonchev–Trinajstić information content (AvgIpc) is 3.29. The third kappa shape index (κ3) is 4.93. The predicted octanol–water partition coefficient (Wildman–Crippen LogP) is 3.24. The highest BCUT2D eigenvalue weighted by Gasteiger charge is 2.18. The SMILES string of the molecule is CC(C)n1nccc1NC(=O)COC(=O)CNC(=O)c1sc2ccccc2c1Cl. The summed E-state index contributed by atoms with van der Waals surface area (Å²) in [4.78, 5) is 36.4. The molecule has 2 aromatic heterocycles. The van der Waals surface area contributed by atoms with E-state index < -0.39 is 24.4 Å². The fraction of sp³-hybridized carbons (Fsp3) is 0.263. The fourth-order valence-corrected chi connectivity index (χ4v) is 4.03. The van der Waals surface area contributed by atoms with E-state index >= 15 is 0 Å². The Balaban J connectivity index is 1.48. The van der Waals surface area contributed by atoms with E-state index in [1.165, 1.54) is 11.3 Å². The van der Waals surface area contributed by atoms with Gasteiger partial charge in [0.05, 0.1) is 11.2 Å². The van der Waals surface area contributed by atoms with Crippen molar-refractivity contribution >= 4 is 56.6 Å². The molecule has 0 aliphatic heterocycles. The van der Waals surface area contributed by atoms with Crippen molar-refractivity contribution in [1.29, 1.82) is 0 Å². The van der Waals surface area contributed by atoms with Gasteiger partial charge in [-0.15, -0.1) is 11.3 Å². The number of carbonyl (C=O) groups is 3. The smallest absolute Gasteiger partial charge is 0.325 e. The molecule has 2 amide bonds. The number of hydrogen-bond acceptors (Lipinski definition) is 6. The molecule has 8 nitrogen and oxygen atoms in total. The highest BCUT2D eigenvalue weighted by Crippen LogP contribution is 2.34. The van der Waals surface area contributed by atoms with Gasteiger partial charge in [0.2, 0.25) is 0 Å². The van der Waals surface area contributed by atoms with Crippen LogP contribution in [0.1, 0.15) is 29.6 Å². The summed E-state index contributed by atoms with van der Waals surface area (Å²) in [5.74, 6) is -1.20. The molecule has 10 heteroatoms. The van der Waals surface area contributed by atoms with Crippen molar-refractivity contribution in [1.82, 2.24) is 15.1 Å². The minimum Gasteiger partial charge on any atom is -0.454 e. The molecule has 0 atom stereocenters.